The number of quaternary nitrogens is 1. The van der Waals surface area contributed by atoms with Gasteiger partial charge in [0.15, 0.2) is 5.70 Å². The first-order valence-corrected chi connectivity index (χ1v) is 17.0. The van der Waals surface area contributed by atoms with Crippen LogP contribution in [0.25, 0.3) is 0 Å². The first kappa shape index (κ1) is 33.3. The highest BCUT2D eigenvalue weighted by atomic mass is 79.9. The maximum absolute atomic E-state index is 13.7. The van der Waals surface area contributed by atoms with Crippen molar-refractivity contribution >= 4 is 51.7 Å². The van der Waals surface area contributed by atoms with Crippen molar-refractivity contribution in [1.82, 2.24) is 4.90 Å². The Balaban J connectivity index is 0.00000423. The molecule has 3 heterocycles. The summed E-state index contributed by atoms with van der Waals surface area (Å²) >= 11 is 3.57. The van der Waals surface area contributed by atoms with E-state index in [0.717, 1.165) is 21.0 Å². The van der Waals surface area contributed by atoms with E-state index in [4.69, 9.17) is 18.9 Å². The molecule has 2 aromatic carbocycles. The highest BCUT2D eigenvalue weighted by molar-refractivity contribution is 9.18. The molecular weight excluding hydrogens is 648 g/mol. The number of nitrogens with zero attached hydrogens (tertiary/aromatic N) is 3. The fraction of sp³-hybridized carbons (Fsp3) is 0.406. The van der Waals surface area contributed by atoms with Crippen LogP contribution in [0.15, 0.2) is 94.4 Å². The quantitative estimate of drug-likeness (QED) is 0.363. The summed E-state index contributed by atoms with van der Waals surface area (Å²) in [7, 11) is -2.82. The fourth-order valence-corrected chi connectivity index (χ4v) is 10.9. The lowest BCUT2D eigenvalue weighted by Crippen LogP contribution is -3.07. The number of fused-ring (bicyclic) bond motifs is 1. The predicted octanol–water partition coefficient (Wildman–Crippen LogP) is 0.988. The number of hydrogen-bond donors (Lipinski definition) is 1. The molecule has 1 N–H and O–H groups in total. The number of carbonyl (C=O) groups is 1. The van der Waals surface area contributed by atoms with Crippen molar-refractivity contribution in [1.29, 1.82) is 0 Å². The van der Waals surface area contributed by atoms with E-state index in [1.54, 1.807) is 17.3 Å². The van der Waals surface area contributed by atoms with Crippen LogP contribution in [0.5, 0.6) is 0 Å². The van der Waals surface area contributed by atoms with Crippen molar-refractivity contribution in [3.8, 4) is 0 Å². The van der Waals surface area contributed by atoms with Crippen LogP contribution in [0.2, 0.25) is 5.04 Å². The molecule has 3 atom stereocenters. The van der Waals surface area contributed by atoms with Gasteiger partial charge in [0.1, 0.15) is 23.6 Å². The van der Waals surface area contributed by atoms with E-state index in [1.807, 2.05) is 39.1 Å². The van der Waals surface area contributed by atoms with Crippen LogP contribution in [-0.2, 0) is 13.9 Å². The number of aliphatic imine (C=N–C) groups is 2. The average Bonchev–Trinajstić information content (AvgIpc) is 3.29. The van der Waals surface area contributed by atoms with Gasteiger partial charge in [-0.05, 0) is 36.2 Å². The summed E-state index contributed by atoms with van der Waals surface area (Å²) in [5.41, 5.74) is 1.01. The Morgan fingerprint density at radius 1 is 1.05 bits per heavy atom. The smallest absolute Gasteiger partial charge is 0.410 e. The Kier molecular flexibility index (Phi) is 10.2. The molecule has 0 aliphatic carbocycles. The topological polar surface area (TPSA) is 77.2 Å². The molecule has 8 nitrogen and oxygen atoms in total. The molecule has 1 fully saturated rings. The summed E-state index contributed by atoms with van der Waals surface area (Å²) in [6.07, 6.45) is 4.64. The first-order valence-electron chi connectivity index (χ1n) is 14.3. The summed E-state index contributed by atoms with van der Waals surface area (Å²) in [5, 5.41) is 2.18. The zero-order chi connectivity index (χ0) is 30.1. The summed E-state index contributed by atoms with van der Waals surface area (Å²) in [6, 6.07) is 20.7. The van der Waals surface area contributed by atoms with Crippen molar-refractivity contribution in [2.45, 2.75) is 64.3 Å². The van der Waals surface area contributed by atoms with Gasteiger partial charge in [-0.1, -0.05) is 81.4 Å². The largest absolute Gasteiger partial charge is 1.00 e. The van der Waals surface area contributed by atoms with Gasteiger partial charge in [-0.2, -0.15) is 4.99 Å². The molecule has 11 heteroatoms. The number of allylic oxidation sites excluding steroid dienone is 1. The molecule has 0 radical (unpaired) electrons. The van der Waals surface area contributed by atoms with Crippen LogP contribution in [0.1, 0.15) is 41.5 Å². The molecule has 0 saturated carbocycles. The van der Waals surface area contributed by atoms with Crippen molar-refractivity contribution in [3.63, 3.8) is 0 Å². The minimum Gasteiger partial charge on any atom is -1.00 e. The standard InChI is InChI=1S/C32H39BrN4O4Si.ClH/c1-31(2,3)41-30(38)37-20-27(28-26-19-34-17-18-36(26)29(33)35-28)39-21-23(37)22-40-42(32(4,5)6,24-13-9-7-10-14-24)25-15-11-8-12-16-25;/h7-19,23,27H,20-22H2,1-6H3;1H. The Bertz CT molecular complexity index is 1380. The summed E-state index contributed by atoms with van der Waals surface area (Å²) in [6.45, 7) is 13.3. The van der Waals surface area contributed by atoms with Crippen LogP contribution >= 0.6 is 15.9 Å². The number of carbonyl (C=O) groups excluding carboxylic acids is 1. The molecule has 1 amide bonds. The number of ether oxygens (including phenoxy) is 2. The van der Waals surface area contributed by atoms with Gasteiger partial charge in [0.25, 0.3) is 13.1 Å². The van der Waals surface area contributed by atoms with Crippen LogP contribution in [-0.4, -0.2) is 67.8 Å². The monoisotopic (exact) mass is 686 g/mol. The number of nitrogens with one attached hydrogen (secondary N) is 1. The maximum atomic E-state index is 13.7. The number of morpholine rings is 1. The van der Waals surface area contributed by atoms with Gasteiger partial charge in [0.05, 0.1) is 38.2 Å². The third kappa shape index (κ3) is 6.89. The number of hydrogen-bond acceptors (Lipinski definition) is 6. The van der Waals surface area contributed by atoms with Crippen LogP contribution in [0.4, 0.5) is 4.79 Å². The van der Waals surface area contributed by atoms with E-state index in [9.17, 15) is 4.79 Å². The molecule has 230 valence electrons. The second-order valence-electron chi connectivity index (χ2n) is 12.8. The number of amides is 1. The lowest BCUT2D eigenvalue weighted by molar-refractivity contribution is -0.685. The molecule has 3 unspecified atom stereocenters. The third-order valence-electron chi connectivity index (χ3n) is 7.67. The Hall–Kier alpha value is -2.60. The van der Waals surface area contributed by atoms with E-state index in [2.05, 4.69) is 90.2 Å². The summed E-state index contributed by atoms with van der Waals surface area (Å²) in [4.78, 5) is 25.5. The minimum absolute atomic E-state index is 0. The fourth-order valence-electron chi connectivity index (χ4n) is 5.78. The maximum Gasteiger partial charge on any atom is 0.410 e. The van der Waals surface area contributed by atoms with Gasteiger partial charge < -0.3 is 26.3 Å². The van der Waals surface area contributed by atoms with Gasteiger partial charge in [0, 0.05) is 15.9 Å². The molecule has 3 aliphatic rings. The molecule has 43 heavy (non-hydrogen) atoms. The summed E-state index contributed by atoms with van der Waals surface area (Å²) in [5.74, 6) is 0. The normalized spacial score (nSPS) is 22.2. The van der Waals surface area contributed by atoms with Crippen molar-refractivity contribution in [2.24, 2.45) is 9.98 Å². The van der Waals surface area contributed by atoms with E-state index in [-0.39, 0.29) is 42.7 Å². The first-order chi connectivity index (χ1) is 19.9. The average molecular weight is 688 g/mol. The van der Waals surface area contributed by atoms with Crippen LogP contribution in [0.3, 0.4) is 0 Å². The van der Waals surface area contributed by atoms with Crippen LogP contribution in [0, 0.1) is 0 Å². The SMILES string of the molecule is CC(C)(C)OC(=O)N1CC(C2=C3C=NC=C[NH+]3C(Br)=N2)OCC1CO[Si](c1ccccc1)(c1ccccc1)C(C)(C)C.[Cl-]. The van der Waals surface area contributed by atoms with E-state index < -0.39 is 20.0 Å². The predicted molar refractivity (Wildman–Crippen MR) is 172 cm³/mol. The van der Waals surface area contributed by atoms with Gasteiger partial charge >= 0.3 is 6.09 Å². The Morgan fingerprint density at radius 3 is 2.21 bits per heavy atom. The Morgan fingerprint density at radius 2 is 1.65 bits per heavy atom. The summed E-state index contributed by atoms with van der Waals surface area (Å²) < 4.78 is 20.3. The minimum atomic E-state index is -2.82. The lowest BCUT2D eigenvalue weighted by Gasteiger charge is -2.45. The van der Waals surface area contributed by atoms with E-state index in [1.165, 1.54) is 10.4 Å². The zero-order valence-electron chi connectivity index (χ0n) is 25.5. The van der Waals surface area contributed by atoms with E-state index >= 15 is 0 Å². The molecule has 2 aromatic rings. The molecule has 5 rings (SSSR count). The number of benzene rings is 2. The van der Waals surface area contributed by atoms with Gasteiger partial charge in [0.2, 0.25) is 0 Å². The highest BCUT2D eigenvalue weighted by Gasteiger charge is 2.51. The van der Waals surface area contributed by atoms with Gasteiger partial charge in [-0.3, -0.25) is 9.89 Å². The number of amidine groups is 1. The molecule has 0 aromatic heterocycles. The van der Waals surface area contributed by atoms with Crippen molar-refractivity contribution < 1.29 is 36.0 Å². The molecule has 1 saturated heterocycles. The second kappa shape index (κ2) is 13.2. The molecule has 0 bridgehead atoms. The van der Waals surface area contributed by atoms with Gasteiger partial charge in [-0.25, -0.2) is 9.69 Å². The second-order valence-corrected chi connectivity index (χ2v) is 17.8. The molecular formula is C32H40BrClN4O4Si. The third-order valence-corrected chi connectivity index (χ3v) is 13.3. The van der Waals surface area contributed by atoms with Crippen molar-refractivity contribution in [3.05, 3.63) is 84.5 Å². The molecule has 3 aliphatic heterocycles. The number of rotatable bonds is 6. The lowest BCUT2D eigenvalue weighted by atomic mass is 10.1. The van der Waals surface area contributed by atoms with Gasteiger partial charge in [-0.15, -0.1) is 0 Å². The number of halogens is 2. The highest BCUT2D eigenvalue weighted by Crippen LogP contribution is 2.37. The molecule has 0 spiro atoms. The zero-order valence-corrected chi connectivity index (χ0v) is 28.9. The Labute approximate surface area is 270 Å². The van der Waals surface area contributed by atoms with Crippen molar-refractivity contribution in [2.75, 3.05) is 19.8 Å². The van der Waals surface area contributed by atoms with E-state index in [0.29, 0.717) is 6.61 Å². The van der Waals surface area contributed by atoms with Crippen LogP contribution < -0.4 is 27.7 Å².